The summed E-state index contributed by atoms with van der Waals surface area (Å²) in [7, 11) is 0. The van der Waals surface area contributed by atoms with Crippen LogP contribution >= 0.6 is 0 Å². The van der Waals surface area contributed by atoms with Crippen molar-refractivity contribution in [2.45, 2.75) is 31.8 Å². The second-order valence-corrected chi connectivity index (χ2v) is 15.1. The Bertz CT molecular complexity index is 2670. The van der Waals surface area contributed by atoms with Crippen molar-refractivity contribution in [2.75, 3.05) is 0 Å². The minimum absolute atomic E-state index is 0.107. The molecule has 0 amide bonds. The summed E-state index contributed by atoms with van der Waals surface area (Å²) in [5.74, 6) is 0. The highest BCUT2D eigenvalue weighted by Crippen LogP contribution is 2.53. The number of nitrogens with two attached hydrogens (primary N) is 1. The van der Waals surface area contributed by atoms with E-state index in [0.29, 0.717) is 0 Å². The fourth-order valence-electron chi connectivity index (χ4n) is 8.40. The number of benzene rings is 8. The lowest BCUT2D eigenvalue weighted by atomic mass is 9.81. The van der Waals surface area contributed by atoms with Gasteiger partial charge in [-0.15, -0.1) is 0 Å². The summed E-state index contributed by atoms with van der Waals surface area (Å²) in [6.07, 6.45) is 2.65. The summed E-state index contributed by atoms with van der Waals surface area (Å²) in [4.78, 5) is 0. The van der Waals surface area contributed by atoms with Crippen LogP contribution < -0.4 is 11.1 Å². The van der Waals surface area contributed by atoms with Crippen LogP contribution in [-0.4, -0.2) is 0 Å². The van der Waals surface area contributed by atoms with Crippen LogP contribution in [0.4, 0.5) is 0 Å². The Balaban J connectivity index is 1.15. The van der Waals surface area contributed by atoms with Gasteiger partial charge in [0.1, 0.15) is 6.17 Å². The molecule has 2 nitrogen and oxygen atoms in total. The van der Waals surface area contributed by atoms with Crippen molar-refractivity contribution < 1.29 is 0 Å². The molecule has 1 aliphatic carbocycles. The molecule has 55 heavy (non-hydrogen) atoms. The molecule has 0 bridgehead atoms. The highest BCUT2D eigenvalue weighted by Gasteiger charge is 2.37. The van der Waals surface area contributed by atoms with Gasteiger partial charge in [-0.2, -0.15) is 0 Å². The van der Waals surface area contributed by atoms with Gasteiger partial charge in [-0.1, -0.05) is 184 Å². The van der Waals surface area contributed by atoms with Gasteiger partial charge in [0.2, 0.25) is 0 Å². The monoisotopic (exact) mass is 708 g/mol. The maximum Gasteiger partial charge on any atom is 0.101 e. The van der Waals surface area contributed by atoms with Crippen molar-refractivity contribution >= 4 is 16.5 Å². The Hall–Kier alpha value is -6.48. The molecule has 9 rings (SSSR count). The van der Waals surface area contributed by atoms with Gasteiger partial charge in [-0.05, 0) is 114 Å². The molecule has 0 aliphatic heterocycles. The minimum Gasteiger partial charge on any atom is -0.366 e. The lowest BCUT2D eigenvalue weighted by molar-refractivity contribution is 0.661. The second-order valence-electron chi connectivity index (χ2n) is 15.1. The maximum absolute atomic E-state index is 6.91. The predicted molar refractivity (Wildman–Crippen MR) is 232 cm³/mol. The molecule has 1 aliphatic rings. The summed E-state index contributed by atoms with van der Waals surface area (Å²) in [6, 6.07) is 67.7. The van der Waals surface area contributed by atoms with Gasteiger partial charge in [0.05, 0.1) is 0 Å². The summed E-state index contributed by atoms with van der Waals surface area (Å²) in [5.41, 5.74) is 23.9. The van der Waals surface area contributed by atoms with E-state index < -0.39 is 0 Å². The first-order valence-electron chi connectivity index (χ1n) is 19.2. The lowest BCUT2D eigenvalue weighted by Gasteiger charge is -2.22. The second kappa shape index (κ2) is 14.4. The Morgan fingerprint density at radius 3 is 1.91 bits per heavy atom. The number of fused-ring (bicyclic) bond motifs is 4. The topological polar surface area (TPSA) is 38.0 Å². The van der Waals surface area contributed by atoms with E-state index in [4.69, 9.17) is 5.73 Å². The Labute approximate surface area is 324 Å². The zero-order valence-corrected chi connectivity index (χ0v) is 31.3. The number of allylic oxidation sites excluding steroid dienone is 1. The van der Waals surface area contributed by atoms with Crippen LogP contribution in [0.25, 0.3) is 61.0 Å². The predicted octanol–water partition coefficient (Wildman–Crippen LogP) is 13.0. The van der Waals surface area contributed by atoms with E-state index >= 15 is 0 Å². The first-order chi connectivity index (χ1) is 26.9. The first kappa shape index (κ1) is 34.3. The molecule has 266 valence electrons. The largest absolute Gasteiger partial charge is 0.366 e. The molecule has 8 aromatic rings. The van der Waals surface area contributed by atoms with Crippen molar-refractivity contribution in [3.63, 3.8) is 0 Å². The van der Waals surface area contributed by atoms with E-state index in [0.717, 1.165) is 23.2 Å². The van der Waals surface area contributed by atoms with E-state index in [1.807, 2.05) is 18.2 Å². The quantitative estimate of drug-likeness (QED) is 0.147. The minimum atomic E-state index is -0.382. The molecule has 0 saturated heterocycles. The van der Waals surface area contributed by atoms with Gasteiger partial charge in [-0.25, -0.2) is 0 Å². The smallest absolute Gasteiger partial charge is 0.101 e. The number of rotatable bonds is 9. The normalized spacial score (nSPS) is 13.6. The zero-order chi connectivity index (χ0) is 37.4. The van der Waals surface area contributed by atoms with Crippen LogP contribution in [0.2, 0.25) is 0 Å². The van der Waals surface area contributed by atoms with E-state index in [1.165, 1.54) is 72.0 Å². The van der Waals surface area contributed by atoms with Gasteiger partial charge in [0.15, 0.2) is 0 Å². The fourth-order valence-corrected chi connectivity index (χ4v) is 8.40. The third-order valence-electron chi connectivity index (χ3n) is 11.3. The molecular weight excluding hydrogens is 665 g/mol. The summed E-state index contributed by atoms with van der Waals surface area (Å²) in [6.45, 7) is 4.72. The zero-order valence-electron chi connectivity index (χ0n) is 31.3. The Kier molecular flexibility index (Phi) is 8.98. The highest BCUT2D eigenvalue weighted by atomic mass is 15.0. The van der Waals surface area contributed by atoms with E-state index in [2.05, 4.69) is 195 Å². The van der Waals surface area contributed by atoms with Crippen LogP contribution in [0.3, 0.4) is 0 Å². The molecule has 0 radical (unpaired) electrons. The third kappa shape index (κ3) is 6.56. The summed E-state index contributed by atoms with van der Waals surface area (Å²) < 4.78 is 0. The van der Waals surface area contributed by atoms with Crippen molar-refractivity contribution in [1.82, 2.24) is 5.32 Å². The van der Waals surface area contributed by atoms with Crippen LogP contribution in [0.5, 0.6) is 0 Å². The molecule has 3 N–H and O–H groups in total. The highest BCUT2D eigenvalue weighted by molar-refractivity contribution is 5.98. The van der Waals surface area contributed by atoms with E-state index in [-0.39, 0.29) is 11.6 Å². The SMILES string of the molecule is CC1(C)c2cc3ccccc3cc2-c2c(-c3cccc(/C(=C/Cc4ccc(-c5ccccc5)cc4-c4ccccc4)NC(N)c4ccccc4)c3)cccc21. The first-order valence-corrected chi connectivity index (χ1v) is 19.2. The van der Waals surface area contributed by atoms with Gasteiger partial charge in [-0.3, -0.25) is 0 Å². The van der Waals surface area contributed by atoms with Crippen LogP contribution in [-0.2, 0) is 11.8 Å². The van der Waals surface area contributed by atoms with Gasteiger partial charge >= 0.3 is 0 Å². The fraction of sp³-hybridized carbons (Fsp3) is 0.0943. The Morgan fingerprint density at radius 2 is 1.16 bits per heavy atom. The van der Waals surface area contributed by atoms with Gasteiger partial charge < -0.3 is 11.1 Å². The van der Waals surface area contributed by atoms with Crippen LogP contribution in [0, 0.1) is 0 Å². The van der Waals surface area contributed by atoms with Crippen LogP contribution in [0.15, 0.2) is 194 Å². The van der Waals surface area contributed by atoms with Crippen molar-refractivity contribution in [2.24, 2.45) is 5.73 Å². The van der Waals surface area contributed by atoms with Crippen molar-refractivity contribution in [3.05, 3.63) is 222 Å². The third-order valence-corrected chi connectivity index (χ3v) is 11.3. The number of nitrogens with one attached hydrogen (secondary N) is 1. The lowest BCUT2D eigenvalue weighted by Crippen LogP contribution is -2.27. The molecule has 0 spiro atoms. The molecule has 2 heteroatoms. The summed E-state index contributed by atoms with van der Waals surface area (Å²) in [5, 5.41) is 6.29. The van der Waals surface area contributed by atoms with Gasteiger partial charge in [0, 0.05) is 11.1 Å². The number of hydrogen-bond donors (Lipinski definition) is 2. The maximum atomic E-state index is 6.91. The van der Waals surface area contributed by atoms with Gasteiger partial charge in [0.25, 0.3) is 0 Å². The molecule has 0 fully saturated rings. The van der Waals surface area contributed by atoms with E-state index in [9.17, 15) is 0 Å². The molecule has 0 saturated carbocycles. The van der Waals surface area contributed by atoms with Crippen LogP contribution in [0.1, 0.15) is 47.8 Å². The van der Waals surface area contributed by atoms with E-state index in [1.54, 1.807) is 0 Å². The molecule has 1 unspecified atom stereocenters. The Morgan fingerprint density at radius 1 is 0.527 bits per heavy atom. The van der Waals surface area contributed by atoms with Crippen molar-refractivity contribution in [1.29, 1.82) is 0 Å². The number of hydrogen-bond acceptors (Lipinski definition) is 2. The molecular formula is C53H44N2. The molecule has 8 aromatic carbocycles. The average molecular weight is 709 g/mol. The van der Waals surface area contributed by atoms with Crippen molar-refractivity contribution in [3.8, 4) is 44.5 Å². The summed E-state index contributed by atoms with van der Waals surface area (Å²) >= 11 is 0. The molecule has 1 atom stereocenters. The standard InChI is InChI=1S/C53H44N2/c1-53(2)48-27-15-26-45(51(48)47-34-40-22-12-13-23-41(40)35-49(47)53)43-24-14-25-44(32-43)50(55-52(54)39-20-10-5-11-21-39)31-30-38-28-29-42(36-16-6-3-7-17-36)33-46(38)37-18-8-4-9-19-37/h3-29,31-35,52,55H,30,54H2,1-2H3/b50-31-. The molecule has 0 heterocycles. The average Bonchev–Trinajstić information content (AvgIpc) is 3.47. The molecule has 0 aromatic heterocycles.